The van der Waals surface area contributed by atoms with Crippen LogP contribution in [0.5, 0.6) is 5.75 Å². The lowest BCUT2D eigenvalue weighted by atomic mass is 9.95. The Morgan fingerprint density at radius 2 is 1.87 bits per heavy atom. The number of nitrogens with zero attached hydrogens (tertiary/aromatic N) is 2. The van der Waals surface area contributed by atoms with E-state index >= 15 is 0 Å². The molecule has 0 unspecified atom stereocenters. The fourth-order valence-electron chi connectivity index (χ4n) is 4.43. The normalized spacial score (nSPS) is 15.1. The average molecular weight is 655 g/mol. The maximum Gasteiger partial charge on any atom is 0.338 e. The SMILES string of the molecule is CCC1=C(C(=O)OC)[C@H](c2ccccc2)n2c(s/c(=C\c3ccc(OCc4ccc(F)cc4)c(I)c3)c2=O)=N1. The third-order valence-corrected chi connectivity index (χ3v) is 8.15. The van der Waals surface area contributed by atoms with Crippen molar-refractivity contribution in [3.63, 3.8) is 0 Å². The van der Waals surface area contributed by atoms with Gasteiger partial charge in [0.25, 0.3) is 5.56 Å². The number of hydrogen-bond acceptors (Lipinski definition) is 6. The summed E-state index contributed by atoms with van der Waals surface area (Å²) in [5.74, 6) is -0.0899. The van der Waals surface area contributed by atoms with Crippen LogP contribution < -0.4 is 19.6 Å². The molecule has 0 bridgehead atoms. The molecule has 39 heavy (non-hydrogen) atoms. The number of ether oxygens (including phenoxy) is 2. The predicted octanol–water partition coefficient (Wildman–Crippen LogP) is 5.12. The van der Waals surface area contributed by atoms with Crippen LogP contribution >= 0.6 is 33.9 Å². The minimum absolute atomic E-state index is 0.226. The molecule has 1 aromatic heterocycles. The van der Waals surface area contributed by atoms with E-state index in [1.807, 2.05) is 61.5 Å². The van der Waals surface area contributed by atoms with Gasteiger partial charge >= 0.3 is 5.97 Å². The van der Waals surface area contributed by atoms with Crippen molar-refractivity contribution in [3.8, 4) is 5.75 Å². The first kappa shape index (κ1) is 27.0. The lowest BCUT2D eigenvalue weighted by molar-refractivity contribution is -0.136. The van der Waals surface area contributed by atoms with Crippen LogP contribution in [0.1, 0.15) is 36.1 Å². The molecule has 0 radical (unpaired) electrons. The molecule has 3 aromatic carbocycles. The van der Waals surface area contributed by atoms with E-state index < -0.39 is 12.0 Å². The number of carbonyl (C=O) groups excluding carboxylic acids is 1. The van der Waals surface area contributed by atoms with Gasteiger partial charge in [-0.3, -0.25) is 9.36 Å². The number of methoxy groups -OCH3 is 1. The van der Waals surface area contributed by atoms with Crippen molar-refractivity contribution in [3.05, 3.63) is 130 Å². The molecule has 0 spiro atoms. The van der Waals surface area contributed by atoms with E-state index in [9.17, 15) is 14.0 Å². The minimum Gasteiger partial charge on any atom is -0.488 e. The third kappa shape index (κ3) is 5.60. The first-order chi connectivity index (χ1) is 18.9. The van der Waals surface area contributed by atoms with Crippen molar-refractivity contribution in [1.29, 1.82) is 0 Å². The highest BCUT2D eigenvalue weighted by atomic mass is 127. The van der Waals surface area contributed by atoms with Crippen molar-refractivity contribution in [2.45, 2.75) is 26.0 Å². The summed E-state index contributed by atoms with van der Waals surface area (Å²) in [6.45, 7) is 2.25. The molecule has 1 aliphatic rings. The number of benzene rings is 3. The lowest BCUT2D eigenvalue weighted by Gasteiger charge is -2.25. The van der Waals surface area contributed by atoms with Gasteiger partial charge in [0.2, 0.25) is 0 Å². The Bertz CT molecular complexity index is 1740. The van der Waals surface area contributed by atoms with Crippen LogP contribution in [-0.2, 0) is 16.1 Å². The number of hydrogen-bond donors (Lipinski definition) is 0. The zero-order chi connectivity index (χ0) is 27.5. The highest BCUT2D eigenvalue weighted by Crippen LogP contribution is 2.31. The van der Waals surface area contributed by atoms with Crippen LogP contribution in [0, 0.1) is 9.39 Å². The number of thiazole rings is 1. The van der Waals surface area contributed by atoms with E-state index in [1.165, 1.54) is 30.6 Å². The van der Waals surface area contributed by atoms with Crippen molar-refractivity contribution >= 4 is 46.0 Å². The molecule has 0 aliphatic carbocycles. The Morgan fingerprint density at radius 3 is 2.54 bits per heavy atom. The summed E-state index contributed by atoms with van der Waals surface area (Å²) in [5.41, 5.74) is 3.27. The first-order valence-corrected chi connectivity index (χ1v) is 14.1. The maximum absolute atomic E-state index is 13.7. The van der Waals surface area contributed by atoms with Crippen molar-refractivity contribution in [2.24, 2.45) is 4.99 Å². The average Bonchev–Trinajstić information content (AvgIpc) is 3.26. The highest BCUT2D eigenvalue weighted by Gasteiger charge is 2.33. The largest absolute Gasteiger partial charge is 0.488 e. The Labute approximate surface area is 241 Å². The molecule has 0 amide bonds. The second-order valence-corrected chi connectivity index (χ2v) is 11.0. The molecule has 0 fully saturated rings. The first-order valence-electron chi connectivity index (χ1n) is 12.2. The van der Waals surface area contributed by atoms with E-state index in [0.717, 1.165) is 20.3 Å². The molecule has 2 heterocycles. The molecule has 1 aliphatic heterocycles. The second-order valence-electron chi connectivity index (χ2n) is 8.80. The Kier molecular flexibility index (Phi) is 8.08. The minimum atomic E-state index is -0.630. The molecule has 4 aromatic rings. The third-order valence-electron chi connectivity index (χ3n) is 6.33. The van der Waals surface area contributed by atoms with Crippen LogP contribution in [0.25, 0.3) is 6.08 Å². The molecule has 6 nitrogen and oxygen atoms in total. The second kappa shape index (κ2) is 11.7. The number of aromatic nitrogens is 1. The predicted molar refractivity (Wildman–Crippen MR) is 157 cm³/mol. The summed E-state index contributed by atoms with van der Waals surface area (Å²) in [6, 6.07) is 20.7. The van der Waals surface area contributed by atoms with Crippen LogP contribution in [0.4, 0.5) is 4.39 Å². The molecule has 0 N–H and O–H groups in total. The number of allylic oxidation sites excluding steroid dienone is 1. The van der Waals surface area contributed by atoms with Crippen LogP contribution in [0.3, 0.4) is 0 Å². The van der Waals surface area contributed by atoms with Gasteiger partial charge in [0.1, 0.15) is 18.2 Å². The molecular weight excluding hydrogens is 630 g/mol. The number of rotatable bonds is 7. The number of carbonyl (C=O) groups is 1. The molecule has 1 atom stereocenters. The Hall–Kier alpha value is -3.57. The summed E-state index contributed by atoms with van der Waals surface area (Å²) >= 11 is 3.49. The quantitative estimate of drug-likeness (QED) is 0.205. The monoisotopic (exact) mass is 654 g/mol. The van der Waals surface area contributed by atoms with E-state index in [4.69, 9.17) is 14.5 Å². The van der Waals surface area contributed by atoms with Gasteiger partial charge in [-0.15, -0.1) is 0 Å². The zero-order valence-corrected chi connectivity index (χ0v) is 24.2. The molecule has 0 saturated carbocycles. The van der Waals surface area contributed by atoms with E-state index in [0.29, 0.717) is 39.4 Å². The van der Waals surface area contributed by atoms with Crippen LogP contribution in [0.2, 0.25) is 0 Å². The zero-order valence-electron chi connectivity index (χ0n) is 21.2. The smallest absolute Gasteiger partial charge is 0.338 e. The van der Waals surface area contributed by atoms with Crippen molar-refractivity contribution in [2.75, 3.05) is 7.11 Å². The summed E-state index contributed by atoms with van der Waals surface area (Å²) in [7, 11) is 1.34. The van der Waals surface area contributed by atoms with Gasteiger partial charge in [0.05, 0.1) is 32.5 Å². The van der Waals surface area contributed by atoms with Gasteiger partial charge in [0, 0.05) is 0 Å². The van der Waals surface area contributed by atoms with E-state index in [2.05, 4.69) is 22.6 Å². The van der Waals surface area contributed by atoms with Gasteiger partial charge in [-0.05, 0) is 76.0 Å². The summed E-state index contributed by atoms with van der Waals surface area (Å²) < 4.78 is 27.1. The summed E-state index contributed by atoms with van der Waals surface area (Å²) in [4.78, 5) is 31.9. The number of esters is 1. The topological polar surface area (TPSA) is 69.9 Å². The fraction of sp³-hybridized carbons (Fsp3) is 0.167. The van der Waals surface area contributed by atoms with Crippen LogP contribution in [0.15, 0.2) is 93.9 Å². The lowest BCUT2D eigenvalue weighted by Crippen LogP contribution is -2.40. The maximum atomic E-state index is 13.7. The van der Waals surface area contributed by atoms with Crippen molar-refractivity contribution < 1.29 is 18.7 Å². The number of fused-ring (bicyclic) bond motifs is 1. The molecule has 0 saturated heterocycles. The molecule has 5 rings (SSSR count). The molecule has 198 valence electrons. The highest BCUT2D eigenvalue weighted by molar-refractivity contribution is 14.1. The Morgan fingerprint density at radius 1 is 1.13 bits per heavy atom. The summed E-state index contributed by atoms with van der Waals surface area (Å²) in [6.07, 6.45) is 2.35. The van der Waals surface area contributed by atoms with Crippen LogP contribution in [-0.4, -0.2) is 17.6 Å². The summed E-state index contributed by atoms with van der Waals surface area (Å²) in [5, 5.41) is 0. The van der Waals surface area contributed by atoms with E-state index in [1.54, 1.807) is 16.7 Å². The van der Waals surface area contributed by atoms with Gasteiger partial charge in [-0.1, -0.05) is 66.8 Å². The van der Waals surface area contributed by atoms with Gasteiger partial charge in [-0.2, -0.15) is 0 Å². The molecule has 9 heteroatoms. The Balaban J connectivity index is 1.53. The van der Waals surface area contributed by atoms with Gasteiger partial charge in [-0.25, -0.2) is 14.2 Å². The number of halogens is 2. The fourth-order valence-corrected chi connectivity index (χ4v) is 6.15. The standard InChI is InChI=1S/C30H24FIN2O4S/c1-3-23-26(29(36)37-2)27(20-7-5-4-6-8-20)34-28(35)25(39-30(34)33-23)16-19-11-14-24(22(32)15-19)38-17-18-9-12-21(31)13-10-18/h4-16,27H,3,17H2,1-2H3/b25-16-/t27-/m0/s1. The van der Waals surface area contributed by atoms with Crippen molar-refractivity contribution in [1.82, 2.24) is 4.57 Å². The van der Waals surface area contributed by atoms with Gasteiger partial charge < -0.3 is 9.47 Å². The van der Waals surface area contributed by atoms with Gasteiger partial charge in [0.15, 0.2) is 4.80 Å². The van der Waals surface area contributed by atoms with E-state index in [-0.39, 0.29) is 11.4 Å². The molecular formula is C30H24FIN2O4S.